The van der Waals surface area contributed by atoms with Crippen LogP contribution in [0.1, 0.15) is 32.3 Å². The average Bonchev–Trinajstić information content (AvgIpc) is 3.08. The van der Waals surface area contributed by atoms with E-state index in [4.69, 9.17) is 4.74 Å². The molecular formula is C18H28N4O3. The summed E-state index contributed by atoms with van der Waals surface area (Å²) in [5.74, 6) is 0.0251. The Labute approximate surface area is 148 Å². The summed E-state index contributed by atoms with van der Waals surface area (Å²) >= 11 is 0. The minimum absolute atomic E-state index is 0.0376. The Balaban J connectivity index is 1.79. The van der Waals surface area contributed by atoms with Crippen LogP contribution in [-0.4, -0.2) is 64.2 Å². The van der Waals surface area contributed by atoms with Gasteiger partial charge in [0.2, 0.25) is 5.91 Å². The maximum Gasteiger partial charge on any atom is 0.314 e. The van der Waals surface area contributed by atoms with Gasteiger partial charge in [0.15, 0.2) is 0 Å². The number of nitrogens with zero attached hydrogens (tertiary/aromatic N) is 4. The van der Waals surface area contributed by atoms with Crippen LogP contribution in [0.25, 0.3) is 0 Å². The van der Waals surface area contributed by atoms with E-state index in [0.29, 0.717) is 19.7 Å². The molecule has 2 atom stereocenters. The van der Waals surface area contributed by atoms with Gasteiger partial charge >= 0.3 is 5.97 Å². The van der Waals surface area contributed by atoms with Crippen LogP contribution in [0.15, 0.2) is 12.4 Å². The topological polar surface area (TPSA) is 67.7 Å². The number of aromatic nitrogens is 2. The predicted octanol–water partition coefficient (Wildman–Crippen LogP) is 1.04. The van der Waals surface area contributed by atoms with E-state index in [-0.39, 0.29) is 17.8 Å². The van der Waals surface area contributed by atoms with E-state index in [1.807, 2.05) is 35.9 Å². The number of rotatable bonds is 4. The molecule has 0 aromatic carbocycles. The van der Waals surface area contributed by atoms with Gasteiger partial charge in [0.25, 0.3) is 0 Å². The highest BCUT2D eigenvalue weighted by atomic mass is 16.5. The first-order valence-corrected chi connectivity index (χ1v) is 9.07. The second-order valence-electron chi connectivity index (χ2n) is 7.33. The molecule has 3 heterocycles. The quantitative estimate of drug-likeness (QED) is 0.761. The van der Waals surface area contributed by atoms with Gasteiger partial charge in [-0.05, 0) is 26.3 Å². The minimum atomic E-state index is -0.550. The third-order valence-corrected chi connectivity index (χ3v) is 5.56. The molecule has 0 bridgehead atoms. The first-order chi connectivity index (χ1) is 11.9. The Morgan fingerprint density at radius 1 is 1.40 bits per heavy atom. The summed E-state index contributed by atoms with van der Waals surface area (Å²) in [6, 6.07) is 0. The second kappa shape index (κ2) is 7.15. The second-order valence-corrected chi connectivity index (χ2v) is 7.33. The molecule has 2 aliphatic rings. The molecule has 2 saturated heterocycles. The summed E-state index contributed by atoms with van der Waals surface area (Å²) in [5, 5.41) is 4.24. The Morgan fingerprint density at radius 2 is 2.20 bits per heavy atom. The lowest BCUT2D eigenvalue weighted by Gasteiger charge is -2.31. The monoisotopic (exact) mass is 348 g/mol. The van der Waals surface area contributed by atoms with Crippen LogP contribution in [0.4, 0.5) is 0 Å². The molecule has 1 aromatic heterocycles. The maximum atomic E-state index is 12.8. The van der Waals surface area contributed by atoms with Gasteiger partial charge in [0, 0.05) is 57.8 Å². The van der Waals surface area contributed by atoms with E-state index in [2.05, 4.69) is 10.00 Å². The van der Waals surface area contributed by atoms with E-state index in [0.717, 1.165) is 32.5 Å². The Kier molecular flexibility index (Phi) is 5.13. The molecule has 1 aromatic rings. The zero-order valence-corrected chi connectivity index (χ0v) is 15.4. The van der Waals surface area contributed by atoms with Crippen molar-refractivity contribution in [3.8, 4) is 0 Å². The number of ether oxygens (including phenoxy) is 1. The normalized spacial score (nSPS) is 27.0. The summed E-state index contributed by atoms with van der Waals surface area (Å²) in [6.07, 6.45) is 5.63. The molecule has 25 heavy (non-hydrogen) atoms. The standard InChI is InChI=1S/C18H28N4O3/c1-4-25-17(24)18-6-5-7-21(10-15-8-19-20(3)9-15)11-16(18)12-22(13-18)14(2)23/h8-9,16H,4-7,10-13H2,1-3H3/t16-,18-/m0/s1. The van der Waals surface area contributed by atoms with Crippen molar-refractivity contribution in [2.75, 3.05) is 32.8 Å². The lowest BCUT2D eigenvalue weighted by molar-refractivity contribution is -0.157. The third kappa shape index (κ3) is 3.56. The Morgan fingerprint density at radius 3 is 2.84 bits per heavy atom. The highest BCUT2D eigenvalue weighted by molar-refractivity contribution is 5.81. The van der Waals surface area contributed by atoms with Crippen LogP contribution in [0.2, 0.25) is 0 Å². The summed E-state index contributed by atoms with van der Waals surface area (Å²) in [6.45, 7) is 7.51. The molecule has 1 amide bonds. The fourth-order valence-corrected chi connectivity index (χ4v) is 4.32. The number of fused-ring (bicyclic) bond motifs is 1. The van der Waals surface area contributed by atoms with Crippen molar-refractivity contribution in [2.24, 2.45) is 18.4 Å². The van der Waals surface area contributed by atoms with Crippen molar-refractivity contribution < 1.29 is 14.3 Å². The lowest BCUT2D eigenvalue weighted by atomic mass is 9.75. The number of hydrogen-bond donors (Lipinski definition) is 0. The lowest BCUT2D eigenvalue weighted by Crippen LogP contribution is -2.42. The van der Waals surface area contributed by atoms with Gasteiger partial charge in [-0.1, -0.05) is 0 Å². The van der Waals surface area contributed by atoms with Gasteiger partial charge in [-0.25, -0.2) is 0 Å². The number of esters is 1. The van der Waals surface area contributed by atoms with Gasteiger partial charge in [0.1, 0.15) is 0 Å². The SMILES string of the molecule is CCOC(=O)[C@]12CCCN(Cc3cnn(C)c3)C[C@H]1CN(C(C)=O)C2. The molecule has 7 heteroatoms. The molecule has 0 aliphatic carbocycles. The smallest absolute Gasteiger partial charge is 0.314 e. The molecule has 2 aliphatic heterocycles. The van der Waals surface area contributed by atoms with E-state index in [9.17, 15) is 9.59 Å². The first kappa shape index (κ1) is 17.9. The van der Waals surface area contributed by atoms with Crippen molar-refractivity contribution in [2.45, 2.75) is 33.2 Å². The summed E-state index contributed by atoms with van der Waals surface area (Å²) in [5.41, 5.74) is 0.623. The first-order valence-electron chi connectivity index (χ1n) is 9.07. The molecule has 7 nitrogen and oxygen atoms in total. The van der Waals surface area contributed by atoms with Crippen LogP contribution in [0.5, 0.6) is 0 Å². The fourth-order valence-electron chi connectivity index (χ4n) is 4.32. The third-order valence-electron chi connectivity index (χ3n) is 5.56. The molecule has 138 valence electrons. The number of likely N-dealkylation sites (tertiary alicyclic amines) is 2. The molecule has 3 rings (SSSR count). The number of carbonyl (C=O) groups excluding carboxylic acids is 2. The van der Waals surface area contributed by atoms with Crippen LogP contribution >= 0.6 is 0 Å². The van der Waals surface area contributed by atoms with Crippen molar-refractivity contribution in [1.29, 1.82) is 0 Å². The van der Waals surface area contributed by atoms with Crippen LogP contribution < -0.4 is 0 Å². The maximum absolute atomic E-state index is 12.8. The summed E-state index contributed by atoms with van der Waals surface area (Å²) in [4.78, 5) is 28.9. The average molecular weight is 348 g/mol. The van der Waals surface area contributed by atoms with Crippen molar-refractivity contribution in [1.82, 2.24) is 19.6 Å². The molecule has 0 radical (unpaired) electrons. The zero-order valence-electron chi connectivity index (χ0n) is 15.4. The highest BCUT2D eigenvalue weighted by Gasteiger charge is 2.54. The fraction of sp³-hybridized carbons (Fsp3) is 0.722. The molecule has 0 unspecified atom stereocenters. The van der Waals surface area contributed by atoms with Gasteiger partial charge < -0.3 is 9.64 Å². The van der Waals surface area contributed by atoms with Crippen molar-refractivity contribution in [3.63, 3.8) is 0 Å². The largest absolute Gasteiger partial charge is 0.466 e. The van der Waals surface area contributed by atoms with E-state index in [1.54, 1.807) is 6.92 Å². The zero-order chi connectivity index (χ0) is 18.0. The van der Waals surface area contributed by atoms with E-state index >= 15 is 0 Å². The molecular weight excluding hydrogens is 320 g/mol. The van der Waals surface area contributed by atoms with Crippen molar-refractivity contribution in [3.05, 3.63) is 18.0 Å². The predicted molar refractivity (Wildman–Crippen MR) is 92.5 cm³/mol. The molecule has 0 saturated carbocycles. The molecule has 0 spiro atoms. The highest BCUT2D eigenvalue weighted by Crippen LogP contribution is 2.44. The molecule has 0 N–H and O–H groups in total. The summed E-state index contributed by atoms with van der Waals surface area (Å²) < 4.78 is 7.23. The van der Waals surface area contributed by atoms with Crippen LogP contribution in [-0.2, 0) is 27.9 Å². The number of carbonyl (C=O) groups is 2. The summed E-state index contributed by atoms with van der Waals surface area (Å²) in [7, 11) is 1.92. The van der Waals surface area contributed by atoms with Gasteiger partial charge in [-0.15, -0.1) is 0 Å². The number of amides is 1. The Bertz CT molecular complexity index is 644. The Hall–Kier alpha value is -1.89. The van der Waals surface area contributed by atoms with Gasteiger partial charge in [0.05, 0.1) is 18.2 Å². The number of aryl methyl sites for hydroxylation is 1. The number of hydrogen-bond acceptors (Lipinski definition) is 5. The van der Waals surface area contributed by atoms with Crippen LogP contribution in [0, 0.1) is 11.3 Å². The van der Waals surface area contributed by atoms with Crippen molar-refractivity contribution >= 4 is 11.9 Å². The van der Waals surface area contributed by atoms with E-state index < -0.39 is 5.41 Å². The van der Waals surface area contributed by atoms with E-state index in [1.165, 1.54) is 5.56 Å². The minimum Gasteiger partial charge on any atom is -0.466 e. The molecule has 2 fully saturated rings. The van der Waals surface area contributed by atoms with Gasteiger partial charge in [-0.2, -0.15) is 5.10 Å². The van der Waals surface area contributed by atoms with Crippen LogP contribution in [0.3, 0.4) is 0 Å². The van der Waals surface area contributed by atoms with Gasteiger partial charge in [-0.3, -0.25) is 19.2 Å².